The molecule has 1 amide bonds. The molecule has 1 N–H and O–H groups in total. The van der Waals surface area contributed by atoms with Crippen LogP contribution in [0.25, 0.3) is 0 Å². The van der Waals surface area contributed by atoms with E-state index in [0.29, 0.717) is 5.75 Å². The third kappa shape index (κ3) is 5.71. The van der Waals surface area contributed by atoms with Gasteiger partial charge in [0.05, 0.1) is 0 Å². The number of pyridine rings is 2. The summed E-state index contributed by atoms with van der Waals surface area (Å²) in [5.41, 5.74) is -3.27. The summed E-state index contributed by atoms with van der Waals surface area (Å²) in [6.45, 7) is 0.264. The minimum atomic E-state index is -4.38. The van der Waals surface area contributed by atoms with E-state index >= 15 is 0 Å². The Hall–Kier alpha value is -3.07. The van der Waals surface area contributed by atoms with Crippen molar-refractivity contribution in [2.45, 2.75) is 17.0 Å². The maximum absolute atomic E-state index is 12.4. The van der Waals surface area contributed by atoms with Crippen molar-refractivity contribution in [3.8, 4) is 5.75 Å². The SMILES string of the molecule is O=C(Nc1ncccc1OCc1ccncc1)c1ccc(SC(F)(F)F)cc1. The quantitative estimate of drug-likeness (QED) is 0.590. The minimum absolute atomic E-state index is 0.00302. The number of anilines is 1. The number of halogens is 3. The van der Waals surface area contributed by atoms with Crippen LogP contribution in [0.2, 0.25) is 0 Å². The van der Waals surface area contributed by atoms with Gasteiger partial charge < -0.3 is 10.1 Å². The molecule has 0 aliphatic carbocycles. The van der Waals surface area contributed by atoms with Gasteiger partial charge in [-0.3, -0.25) is 9.78 Å². The maximum Gasteiger partial charge on any atom is 0.446 e. The van der Waals surface area contributed by atoms with Gasteiger partial charge in [0.1, 0.15) is 6.61 Å². The number of alkyl halides is 3. The van der Waals surface area contributed by atoms with Crippen LogP contribution in [0.15, 0.2) is 72.0 Å². The molecule has 144 valence electrons. The number of hydrogen-bond donors (Lipinski definition) is 1. The van der Waals surface area contributed by atoms with Crippen molar-refractivity contribution >= 4 is 23.5 Å². The molecule has 0 atom stereocenters. The molecule has 2 heterocycles. The van der Waals surface area contributed by atoms with Gasteiger partial charge in [0.25, 0.3) is 5.91 Å². The molecule has 0 unspecified atom stereocenters. The molecule has 0 bridgehead atoms. The van der Waals surface area contributed by atoms with Crippen LogP contribution in [-0.2, 0) is 6.61 Å². The third-order valence-corrected chi connectivity index (χ3v) is 4.24. The van der Waals surface area contributed by atoms with Crippen molar-refractivity contribution in [2.24, 2.45) is 0 Å². The van der Waals surface area contributed by atoms with Crippen LogP contribution in [0.1, 0.15) is 15.9 Å². The summed E-state index contributed by atoms with van der Waals surface area (Å²) in [4.78, 5) is 20.4. The van der Waals surface area contributed by atoms with E-state index in [1.807, 2.05) is 0 Å². The first-order valence-electron chi connectivity index (χ1n) is 8.04. The Morgan fingerprint density at radius 2 is 1.75 bits per heavy atom. The molecule has 1 aromatic carbocycles. The van der Waals surface area contributed by atoms with Crippen LogP contribution >= 0.6 is 11.8 Å². The molecule has 0 radical (unpaired) electrons. The molecular weight excluding hydrogens is 391 g/mol. The third-order valence-electron chi connectivity index (χ3n) is 3.50. The average molecular weight is 405 g/mol. The van der Waals surface area contributed by atoms with Gasteiger partial charge in [-0.2, -0.15) is 13.2 Å². The second-order valence-electron chi connectivity index (χ2n) is 5.52. The zero-order valence-electron chi connectivity index (χ0n) is 14.3. The standard InChI is InChI=1S/C19H14F3N3O2S/c20-19(21,22)28-15-5-3-14(4-6-15)18(26)25-17-16(2-1-9-24-17)27-12-13-7-10-23-11-8-13/h1-11H,12H2,(H,24,25,26). The molecule has 0 fully saturated rings. The van der Waals surface area contributed by atoms with Crippen molar-refractivity contribution in [1.29, 1.82) is 0 Å². The van der Waals surface area contributed by atoms with Crippen molar-refractivity contribution in [3.05, 3.63) is 78.2 Å². The molecule has 3 rings (SSSR count). The van der Waals surface area contributed by atoms with Gasteiger partial charge in [-0.1, -0.05) is 0 Å². The number of thioether (sulfide) groups is 1. The smallest absolute Gasteiger partial charge is 0.446 e. The molecule has 0 aliphatic rings. The van der Waals surface area contributed by atoms with Crippen LogP contribution in [-0.4, -0.2) is 21.4 Å². The number of rotatable bonds is 6. The van der Waals surface area contributed by atoms with Crippen LogP contribution in [0, 0.1) is 0 Å². The monoisotopic (exact) mass is 405 g/mol. The first-order chi connectivity index (χ1) is 13.4. The van der Waals surface area contributed by atoms with Gasteiger partial charge >= 0.3 is 5.51 Å². The highest BCUT2D eigenvalue weighted by Gasteiger charge is 2.29. The predicted molar refractivity (Wildman–Crippen MR) is 99.1 cm³/mol. The summed E-state index contributed by atoms with van der Waals surface area (Å²) < 4.78 is 42.9. The zero-order valence-corrected chi connectivity index (χ0v) is 15.1. The molecule has 3 aromatic rings. The lowest BCUT2D eigenvalue weighted by Crippen LogP contribution is -2.14. The number of ether oxygens (including phenoxy) is 1. The van der Waals surface area contributed by atoms with E-state index in [4.69, 9.17) is 4.74 Å². The summed E-state index contributed by atoms with van der Waals surface area (Å²) in [7, 11) is 0. The summed E-state index contributed by atoms with van der Waals surface area (Å²) in [5.74, 6) is 0.0863. The number of nitrogens with one attached hydrogen (secondary N) is 1. The molecular formula is C19H14F3N3O2S. The van der Waals surface area contributed by atoms with Gasteiger partial charge in [-0.25, -0.2) is 4.98 Å². The second kappa shape index (κ2) is 8.75. The Bertz CT molecular complexity index is 935. The number of nitrogens with zero attached hydrogens (tertiary/aromatic N) is 2. The highest BCUT2D eigenvalue weighted by atomic mass is 32.2. The molecule has 0 aliphatic heterocycles. The second-order valence-corrected chi connectivity index (χ2v) is 6.66. The Kier molecular flexibility index (Phi) is 6.15. The normalized spacial score (nSPS) is 11.1. The fraction of sp³-hybridized carbons (Fsp3) is 0.105. The number of hydrogen-bond acceptors (Lipinski definition) is 5. The first kappa shape index (κ1) is 19.7. The predicted octanol–water partition coefficient (Wildman–Crippen LogP) is 4.92. The first-order valence-corrected chi connectivity index (χ1v) is 8.86. The molecule has 0 spiro atoms. The van der Waals surface area contributed by atoms with Crippen molar-refractivity contribution < 1.29 is 22.7 Å². The van der Waals surface area contributed by atoms with E-state index in [2.05, 4.69) is 15.3 Å². The lowest BCUT2D eigenvalue weighted by atomic mass is 10.2. The van der Waals surface area contributed by atoms with Crippen LogP contribution < -0.4 is 10.1 Å². The highest BCUT2D eigenvalue weighted by molar-refractivity contribution is 8.00. The highest BCUT2D eigenvalue weighted by Crippen LogP contribution is 2.36. The Morgan fingerprint density at radius 1 is 1.04 bits per heavy atom. The number of carbonyl (C=O) groups excluding carboxylic acids is 1. The van der Waals surface area contributed by atoms with Gasteiger partial charge in [0.2, 0.25) is 0 Å². The van der Waals surface area contributed by atoms with Gasteiger partial charge in [0.15, 0.2) is 11.6 Å². The van der Waals surface area contributed by atoms with Crippen LogP contribution in [0.3, 0.4) is 0 Å². The molecule has 28 heavy (non-hydrogen) atoms. The zero-order chi connectivity index (χ0) is 20.0. The minimum Gasteiger partial charge on any atom is -0.485 e. The Morgan fingerprint density at radius 3 is 2.43 bits per heavy atom. The molecule has 0 saturated heterocycles. The maximum atomic E-state index is 12.4. The summed E-state index contributed by atoms with van der Waals surface area (Å²) in [6, 6.07) is 12.1. The molecule has 0 saturated carbocycles. The van der Waals surface area contributed by atoms with Gasteiger partial charge in [0, 0.05) is 29.0 Å². The average Bonchev–Trinajstić information content (AvgIpc) is 2.67. The number of amides is 1. The van der Waals surface area contributed by atoms with Gasteiger partial charge in [-0.15, -0.1) is 0 Å². The van der Waals surface area contributed by atoms with E-state index in [9.17, 15) is 18.0 Å². The summed E-state index contributed by atoms with van der Waals surface area (Å²) in [6.07, 6.45) is 4.79. The Labute approximate surface area is 163 Å². The van der Waals surface area contributed by atoms with Crippen molar-refractivity contribution in [1.82, 2.24) is 9.97 Å². The fourth-order valence-corrected chi connectivity index (χ4v) is 2.77. The molecule has 5 nitrogen and oxygen atoms in total. The van der Waals surface area contributed by atoms with Crippen LogP contribution in [0.4, 0.5) is 19.0 Å². The molecule has 9 heteroatoms. The topological polar surface area (TPSA) is 64.1 Å². The lowest BCUT2D eigenvalue weighted by molar-refractivity contribution is -0.0328. The van der Waals surface area contributed by atoms with E-state index in [0.717, 1.165) is 5.56 Å². The molecule has 2 aromatic heterocycles. The van der Waals surface area contributed by atoms with Crippen molar-refractivity contribution in [3.63, 3.8) is 0 Å². The summed E-state index contributed by atoms with van der Waals surface area (Å²) in [5, 5.41) is 2.61. The number of benzene rings is 1. The van der Waals surface area contributed by atoms with Gasteiger partial charge in [-0.05, 0) is 65.9 Å². The van der Waals surface area contributed by atoms with Crippen LogP contribution in [0.5, 0.6) is 5.75 Å². The lowest BCUT2D eigenvalue weighted by Gasteiger charge is -2.12. The number of aromatic nitrogens is 2. The van der Waals surface area contributed by atoms with E-state index in [1.165, 1.54) is 30.5 Å². The summed E-state index contributed by atoms with van der Waals surface area (Å²) >= 11 is -0.236. The van der Waals surface area contributed by atoms with E-state index in [-0.39, 0.29) is 34.6 Å². The van der Waals surface area contributed by atoms with E-state index in [1.54, 1.807) is 36.7 Å². The fourth-order valence-electron chi connectivity index (χ4n) is 2.23. The van der Waals surface area contributed by atoms with E-state index < -0.39 is 11.4 Å². The Balaban J connectivity index is 1.67. The largest absolute Gasteiger partial charge is 0.485 e. The van der Waals surface area contributed by atoms with Crippen molar-refractivity contribution in [2.75, 3.05) is 5.32 Å². The number of carbonyl (C=O) groups is 1.